The number of hydrogen-bond acceptors (Lipinski definition) is 3. The summed E-state index contributed by atoms with van der Waals surface area (Å²) < 4.78 is 18.3. The number of rotatable bonds is 4. The van der Waals surface area contributed by atoms with Gasteiger partial charge in [-0.3, -0.25) is 9.59 Å². The highest BCUT2D eigenvalue weighted by Gasteiger charge is 2.33. The average molecular weight is 328 g/mol. The maximum atomic E-state index is 13.3. The topological polar surface area (TPSA) is 49.9 Å². The van der Waals surface area contributed by atoms with E-state index in [0.29, 0.717) is 30.1 Å². The molecule has 1 aliphatic heterocycles. The fourth-order valence-corrected chi connectivity index (χ4v) is 2.69. The molecule has 2 aromatic carbocycles. The third-order valence-electron chi connectivity index (χ3n) is 3.96. The highest BCUT2D eigenvalue weighted by atomic mass is 19.1. The first kappa shape index (κ1) is 16.0. The van der Waals surface area contributed by atoms with Gasteiger partial charge in [0.2, 0.25) is 0 Å². The number of benzene rings is 2. The summed E-state index contributed by atoms with van der Waals surface area (Å²) in [4.78, 5) is 27.6. The van der Waals surface area contributed by atoms with E-state index >= 15 is 0 Å². The summed E-state index contributed by atoms with van der Waals surface area (Å²) in [5.74, 6) is -0.838. The number of carbonyl (C=O) groups excluding carboxylic acids is 2. The van der Waals surface area contributed by atoms with Crippen molar-refractivity contribution in [3.8, 4) is 5.75 Å². The van der Waals surface area contributed by atoms with Crippen LogP contribution in [0, 0.1) is 5.82 Å². The second kappa shape index (κ2) is 6.70. The van der Waals surface area contributed by atoms with Crippen molar-refractivity contribution >= 4 is 17.5 Å². The van der Waals surface area contributed by atoms with E-state index in [9.17, 15) is 14.0 Å². The Hall–Kier alpha value is -2.89. The summed E-state index contributed by atoms with van der Waals surface area (Å²) in [5.41, 5.74) is 1.31. The summed E-state index contributed by atoms with van der Waals surface area (Å²) in [6, 6.07) is 13.0. The average Bonchev–Trinajstić information content (AvgIpc) is 2.59. The largest absolute Gasteiger partial charge is 0.497 e. The van der Waals surface area contributed by atoms with Gasteiger partial charge in [0.25, 0.3) is 0 Å². The molecule has 0 N–H and O–H groups in total. The minimum atomic E-state index is -0.582. The van der Waals surface area contributed by atoms with E-state index in [0.717, 1.165) is 0 Å². The Morgan fingerprint density at radius 2 is 1.79 bits per heavy atom. The van der Waals surface area contributed by atoms with E-state index in [1.54, 1.807) is 43.5 Å². The predicted molar refractivity (Wildman–Crippen MR) is 87.2 cm³/mol. The Morgan fingerprint density at radius 1 is 1.04 bits per heavy atom. The summed E-state index contributed by atoms with van der Waals surface area (Å²) >= 11 is 0. The molecular formula is C18H17FN2O3. The third kappa shape index (κ3) is 3.22. The second-order valence-corrected chi connectivity index (χ2v) is 5.51. The zero-order valence-corrected chi connectivity index (χ0v) is 13.2. The molecule has 0 radical (unpaired) electrons. The van der Waals surface area contributed by atoms with Crippen molar-refractivity contribution in [2.24, 2.45) is 0 Å². The van der Waals surface area contributed by atoms with Gasteiger partial charge in [-0.1, -0.05) is 12.1 Å². The summed E-state index contributed by atoms with van der Waals surface area (Å²) in [6.07, 6.45) is 0. The molecule has 0 spiro atoms. The van der Waals surface area contributed by atoms with E-state index in [1.165, 1.54) is 21.9 Å². The molecule has 1 fully saturated rings. The normalized spacial score (nSPS) is 14.9. The fraction of sp³-hybridized carbons (Fsp3) is 0.222. The zero-order valence-electron chi connectivity index (χ0n) is 13.2. The van der Waals surface area contributed by atoms with Crippen LogP contribution < -0.4 is 9.64 Å². The molecule has 1 saturated heterocycles. The van der Waals surface area contributed by atoms with Gasteiger partial charge in [-0.2, -0.15) is 0 Å². The number of anilines is 1. The smallest absolute Gasteiger partial charge is 0.316 e. The van der Waals surface area contributed by atoms with Crippen LogP contribution in [0.4, 0.5) is 10.1 Å². The van der Waals surface area contributed by atoms with Crippen molar-refractivity contribution in [3.05, 3.63) is 59.9 Å². The van der Waals surface area contributed by atoms with Crippen LogP contribution in [0.3, 0.4) is 0 Å². The van der Waals surface area contributed by atoms with Gasteiger partial charge in [0.1, 0.15) is 11.6 Å². The number of carbonyl (C=O) groups is 2. The van der Waals surface area contributed by atoms with E-state index in [-0.39, 0.29) is 12.4 Å². The molecule has 1 aliphatic rings. The predicted octanol–water partition coefficient (Wildman–Crippen LogP) is 2.21. The van der Waals surface area contributed by atoms with Gasteiger partial charge in [0, 0.05) is 25.3 Å². The third-order valence-corrected chi connectivity index (χ3v) is 3.96. The van der Waals surface area contributed by atoms with Crippen molar-refractivity contribution in [1.29, 1.82) is 0 Å². The zero-order chi connectivity index (χ0) is 17.1. The highest BCUT2D eigenvalue weighted by molar-refractivity contribution is 6.40. The van der Waals surface area contributed by atoms with E-state index in [4.69, 9.17) is 4.74 Å². The number of methoxy groups -OCH3 is 1. The molecule has 0 aromatic heterocycles. The molecule has 0 bridgehead atoms. The van der Waals surface area contributed by atoms with Crippen molar-refractivity contribution in [3.63, 3.8) is 0 Å². The molecular weight excluding hydrogens is 311 g/mol. The second-order valence-electron chi connectivity index (χ2n) is 5.51. The summed E-state index contributed by atoms with van der Waals surface area (Å²) in [6.45, 7) is 1.01. The molecule has 24 heavy (non-hydrogen) atoms. The Bertz CT molecular complexity index is 761. The molecule has 2 aromatic rings. The molecule has 0 unspecified atom stereocenters. The van der Waals surface area contributed by atoms with Crippen molar-refractivity contribution in [2.75, 3.05) is 25.1 Å². The standard InChI is InChI=1S/C18H17FN2O3/c1-24-16-7-5-15(6-8-16)21-10-9-20(17(22)18(21)23)12-13-3-2-4-14(19)11-13/h2-8,11H,9-10,12H2,1H3. The van der Waals surface area contributed by atoms with Crippen LogP contribution in [0.1, 0.15) is 5.56 Å². The minimum absolute atomic E-state index is 0.221. The van der Waals surface area contributed by atoms with Gasteiger partial charge in [-0.05, 0) is 42.0 Å². The van der Waals surface area contributed by atoms with E-state index in [1.807, 2.05) is 0 Å². The van der Waals surface area contributed by atoms with Crippen molar-refractivity contribution in [2.45, 2.75) is 6.54 Å². The maximum Gasteiger partial charge on any atom is 0.316 e. The van der Waals surface area contributed by atoms with Crippen LogP contribution in [0.15, 0.2) is 48.5 Å². The molecule has 5 nitrogen and oxygen atoms in total. The molecule has 6 heteroatoms. The molecule has 0 saturated carbocycles. The van der Waals surface area contributed by atoms with Gasteiger partial charge in [-0.15, -0.1) is 0 Å². The Morgan fingerprint density at radius 3 is 2.46 bits per heavy atom. The Labute approximate surface area is 139 Å². The monoisotopic (exact) mass is 328 g/mol. The van der Waals surface area contributed by atoms with Crippen molar-refractivity contribution < 1.29 is 18.7 Å². The number of halogens is 1. The first-order chi connectivity index (χ1) is 11.6. The Balaban J connectivity index is 1.72. The van der Waals surface area contributed by atoms with Crippen LogP contribution in [0.2, 0.25) is 0 Å². The van der Waals surface area contributed by atoms with E-state index < -0.39 is 11.8 Å². The molecule has 2 amide bonds. The lowest BCUT2D eigenvalue weighted by molar-refractivity contribution is -0.146. The van der Waals surface area contributed by atoms with Gasteiger partial charge in [-0.25, -0.2) is 4.39 Å². The van der Waals surface area contributed by atoms with Gasteiger partial charge in [0.05, 0.1) is 7.11 Å². The lowest BCUT2D eigenvalue weighted by atomic mass is 10.1. The first-order valence-corrected chi connectivity index (χ1v) is 7.58. The SMILES string of the molecule is COc1ccc(N2CCN(Cc3cccc(F)c3)C(=O)C2=O)cc1. The lowest BCUT2D eigenvalue weighted by Gasteiger charge is -2.33. The quantitative estimate of drug-likeness (QED) is 0.809. The van der Waals surface area contributed by atoms with Crippen LogP contribution in [-0.2, 0) is 16.1 Å². The number of amides is 2. The van der Waals surface area contributed by atoms with Gasteiger partial charge >= 0.3 is 11.8 Å². The lowest BCUT2D eigenvalue weighted by Crippen LogP contribution is -2.54. The Kier molecular flexibility index (Phi) is 4.46. The van der Waals surface area contributed by atoms with Gasteiger partial charge < -0.3 is 14.5 Å². The van der Waals surface area contributed by atoms with Gasteiger partial charge in [0.15, 0.2) is 0 Å². The number of ether oxygens (including phenoxy) is 1. The van der Waals surface area contributed by atoms with Crippen LogP contribution in [0.5, 0.6) is 5.75 Å². The minimum Gasteiger partial charge on any atom is -0.497 e. The molecule has 1 heterocycles. The van der Waals surface area contributed by atoms with Crippen LogP contribution in [0.25, 0.3) is 0 Å². The number of nitrogens with zero attached hydrogens (tertiary/aromatic N) is 2. The number of piperazine rings is 1. The fourth-order valence-electron chi connectivity index (χ4n) is 2.69. The van der Waals surface area contributed by atoms with Crippen LogP contribution in [-0.4, -0.2) is 36.9 Å². The molecule has 0 aliphatic carbocycles. The first-order valence-electron chi connectivity index (χ1n) is 7.58. The molecule has 0 atom stereocenters. The van der Waals surface area contributed by atoms with E-state index in [2.05, 4.69) is 0 Å². The van der Waals surface area contributed by atoms with Crippen LogP contribution >= 0.6 is 0 Å². The number of hydrogen-bond donors (Lipinski definition) is 0. The maximum absolute atomic E-state index is 13.3. The molecule has 124 valence electrons. The summed E-state index contributed by atoms with van der Waals surface area (Å²) in [5, 5.41) is 0. The van der Waals surface area contributed by atoms with Crippen molar-refractivity contribution in [1.82, 2.24) is 4.90 Å². The summed E-state index contributed by atoms with van der Waals surface area (Å²) in [7, 11) is 1.56. The highest BCUT2D eigenvalue weighted by Crippen LogP contribution is 2.22. The molecule has 3 rings (SSSR count).